The van der Waals surface area contributed by atoms with Crippen LogP contribution in [0, 0.1) is 5.92 Å². The number of aryl methyl sites for hydroxylation is 1. The number of nitrogens with zero attached hydrogens (tertiary/aromatic N) is 5. The number of amides is 1. The van der Waals surface area contributed by atoms with Gasteiger partial charge >= 0.3 is 0 Å². The number of benzene rings is 4. The SMILES string of the molecule is COc1ccc([Si](C)(C)[C@H]2[C@H](CCn3cc(C(CO)c4ccccc4)nn3)O[C@@]3(C(=O)N(Cc4ccc(-n5cccc(OC)c5=O)cc4)c4ccc(Cl)cc43)[C@@H]2C)cc1. The largest absolute Gasteiger partial charge is 0.497 e. The molecule has 0 saturated carbocycles. The van der Waals surface area contributed by atoms with Crippen LogP contribution in [0.15, 0.2) is 126 Å². The Labute approximate surface area is 349 Å². The highest BCUT2D eigenvalue weighted by atomic mass is 35.5. The summed E-state index contributed by atoms with van der Waals surface area (Å²) in [6.07, 6.45) is 3.86. The van der Waals surface area contributed by atoms with E-state index in [-0.39, 0.29) is 47.3 Å². The van der Waals surface area contributed by atoms with Gasteiger partial charge in [0, 0.05) is 41.1 Å². The van der Waals surface area contributed by atoms with Crippen LogP contribution in [0.1, 0.15) is 41.6 Å². The van der Waals surface area contributed by atoms with Crippen molar-refractivity contribution in [2.24, 2.45) is 5.92 Å². The van der Waals surface area contributed by atoms with Gasteiger partial charge in [-0.3, -0.25) is 18.8 Å². The zero-order valence-corrected chi connectivity index (χ0v) is 35.5. The summed E-state index contributed by atoms with van der Waals surface area (Å²) in [6.45, 7) is 7.58. The molecule has 11 nitrogen and oxygen atoms in total. The van der Waals surface area contributed by atoms with E-state index in [1.165, 1.54) is 16.9 Å². The molecule has 1 fully saturated rings. The summed E-state index contributed by atoms with van der Waals surface area (Å²) in [4.78, 5) is 30.1. The second-order valence-corrected chi connectivity index (χ2v) is 21.1. The van der Waals surface area contributed by atoms with Crippen LogP contribution < -0.4 is 25.1 Å². The predicted octanol–water partition coefficient (Wildman–Crippen LogP) is 7.08. The van der Waals surface area contributed by atoms with Gasteiger partial charge in [0.1, 0.15) is 5.75 Å². The molecule has 1 unspecified atom stereocenters. The van der Waals surface area contributed by atoms with Gasteiger partial charge < -0.3 is 24.2 Å². The number of aliphatic hydroxyl groups is 1. The lowest BCUT2D eigenvalue weighted by molar-refractivity contribution is -0.146. The number of halogens is 1. The number of anilines is 1. The minimum atomic E-state index is -2.41. The van der Waals surface area contributed by atoms with Crippen molar-refractivity contribution in [1.82, 2.24) is 19.6 Å². The Morgan fingerprint density at radius 3 is 2.37 bits per heavy atom. The van der Waals surface area contributed by atoms with E-state index in [2.05, 4.69) is 42.5 Å². The lowest BCUT2D eigenvalue weighted by Crippen LogP contribution is -2.51. The first kappa shape index (κ1) is 40.3. The summed E-state index contributed by atoms with van der Waals surface area (Å²) in [5, 5.41) is 21.0. The fourth-order valence-corrected chi connectivity index (χ4v) is 13.6. The van der Waals surface area contributed by atoms with Crippen molar-refractivity contribution in [2.75, 3.05) is 25.7 Å². The molecule has 1 N–H and O–H groups in total. The minimum absolute atomic E-state index is 0.00425. The van der Waals surface area contributed by atoms with E-state index < -0.39 is 13.7 Å². The lowest BCUT2D eigenvalue weighted by atomic mass is 9.82. The van der Waals surface area contributed by atoms with Crippen LogP contribution in [0.2, 0.25) is 23.7 Å². The van der Waals surface area contributed by atoms with E-state index in [9.17, 15) is 9.90 Å². The van der Waals surface area contributed by atoms with Crippen molar-refractivity contribution in [3.05, 3.63) is 159 Å². The normalized spacial score (nSPS) is 20.6. The Kier molecular flexibility index (Phi) is 11.1. The van der Waals surface area contributed by atoms with Crippen molar-refractivity contribution < 1.29 is 24.1 Å². The minimum Gasteiger partial charge on any atom is -0.497 e. The van der Waals surface area contributed by atoms with Crippen LogP contribution in [-0.4, -0.2) is 65.6 Å². The Bertz CT molecular complexity index is 2510. The second kappa shape index (κ2) is 16.3. The molecule has 0 aliphatic carbocycles. The summed E-state index contributed by atoms with van der Waals surface area (Å²) in [6, 6.07) is 34.8. The Hall–Kier alpha value is -5.53. The first-order valence-corrected chi connectivity index (χ1v) is 23.3. The van der Waals surface area contributed by atoms with E-state index in [0.29, 0.717) is 35.9 Å². The first-order valence-electron chi connectivity index (χ1n) is 19.8. The number of pyridine rings is 1. The van der Waals surface area contributed by atoms with Crippen LogP contribution in [-0.2, 0) is 28.2 Å². The molecule has 59 heavy (non-hydrogen) atoms. The summed E-state index contributed by atoms with van der Waals surface area (Å²) < 4.78 is 21.4. The van der Waals surface area contributed by atoms with Gasteiger partial charge in [0.05, 0.1) is 58.8 Å². The lowest BCUT2D eigenvalue weighted by Gasteiger charge is -2.37. The van der Waals surface area contributed by atoms with E-state index in [4.69, 9.17) is 25.8 Å². The van der Waals surface area contributed by atoms with Crippen LogP contribution in [0.3, 0.4) is 0 Å². The van der Waals surface area contributed by atoms with E-state index in [1.54, 1.807) is 25.4 Å². The third-order valence-corrected chi connectivity index (χ3v) is 17.0. The molecule has 13 heteroatoms. The molecule has 5 atom stereocenters. The van der Waals surface area contributed by atoms with Gasteiger partial charge in [-0.1, -0.05) is 96.6 Å². The summed E-state index contributed by atoms with van der Waals surface area (Å²) in [7, 11) is 0.729. The van der Waals surface area contributed by atoms with E-state index >= 15 is 4.79 Å². The van der Waals surface area contributed by atoms with E-state index in [0.717, 1.165) is 28.1 Å². The maximum absolute atomic E-state index is 15.3. The smallest absolute Gasteiger partial charge is 0.297 e. The molecule has 304 valence electrons. The Morgan fingerprint density at radius 2 is 1.68 bits per heavy atom. The standard InChI is InChI=1S/C46H48ClN5O6Si/c1-30-43(59(4,5)36-20-18-35(56-2)19-21-36)41(23-25-50-28-39(48-49-50)37(29-53)32-10-7-6-8-11-32)58-46(30)38-26-33(47)15-22-40(38)52(45(46)55)27-31-13-16-34(17-14-31)51-24-9-12-42(57-3)44(51)54/h6-22,24,26,28,30,37,41,43,53H,23,25,27,29H2,1-5H3/t30-,37?,41+,43-,46+/m1/s1. The fourth-order valence-electron chi connectivity index (χ4n) is 9.39. The maximum atomic E-state index is 15.3. The molecule has 2 aromatic heterocycles. The van der Waals surface area contributed by atoms with Gasteiger partial charge in [0.25, 0.3) is 11.5 Å². The highest BCUT2D eigenvalue weighted by Gasteiger charge is 2.66. The summed E-state index contributed by atoms with van der Waals surface area (Å²) >= 11 is 6.75. The third kappa shape index (κ3) is 7.18. The van der Waals surface area contributed by atoms with Gasteiger partial charge in [-0.05, 0) is 77.7 Å². The van der Waals surface area contributed by atoms with Gasteiger partial charge in [-0.15, -0.1) is 5.10 Å². The molecule has 1 spiro atoms. The molecular weight excluding hydrogens is 782 g/mol. The summed E-state index contributed by atoms with van der Waals surface area (Å²) in [5.74, 6) is 0.393. The maximum Gasteiger partial charge on any atom is 0.297 e. The van der Waals surface area contributed by atoms with Gasteiger partial charge in [-0.25, -0.2) is 0 Å². The number of hydrogen-bond acceptors (Lipinski definition) is 8. The number of carbonyl (C=O) groups excluding carboxylic acids is 1. The molecule has 6 aromatic rings. The number of aromatic nitrogens is 4. The summed E-state index contributed by atoms with van der Waals surface area (Å²) in [5.41, 5.74) is 3.22. The van der Waals surface area contributed by atoms with Crippen molar-refractivity contribution in [3.8, 4) is 17.2 Å². The fraction of sp³-hybridized carbons (Fsp3) is 0.304. The molecule has 2 aliphatic rings. The molecule has 2 aliphatic heterocycles. The average Bonchev–Trinajstić information content (AvgIpc) is 3.91. The predicted molar refractivity (Wildman–Crippen MR) is 231 cm³/mol. The number of rotatable bonds is 13. The van der Waals surface area contributed by atoms with E-state index in [1.807, 2.05) is 101 Å². The number of methoxy groups -OCH3 is 2. The quantitative estimate of drug-likeness (QED) is 0.123. The monoisotopic (exact) mass is 829 g/mol. The Morgan fingerprint density at radius 1 is 0.932 bits per heavy atom. The molecule has 0 radical (unpaired) electrons. The number of carbonyl (C=O) groups is 1. The van der Waals surface area contributed by atoms with Crippen LogP contribution in [0.4, 0.5) is 5.69 Å². The zero-order chi connectivity index (χ0) is 41.5. The number of ether oxygens (including phenoxy) is 3. The zero-order valence-electron chi connectivity index (χ0n) is 33.8. The van der Waals surface area contributed by atoms with Gasteiger partial charge in [0.15, 0.2) is 11.4 Å². The van der Waals surface area contributed by atoms with Crippen molar-refractivity contribution >= 4 is 36.5 Å². The third-order valence-electron chi connectivity index (χ3n) is 12.4. The van der Waals surface area contributed by atoms with Crippen LogP contribution in [0.25, 0.3) is 5.69 Å². The average molecular weight is 830 g/mol. The van der Waals surface area contributed by atoms with Gasteiger partial charge in [0.2, 0.25) is 0 Å². The number of aliphatic hydroxyl groups excluding tert-OH is 1. The molecule has 8 rings (SSSR count). The highest BCUT2D eigenvalue weighted by molar-refractivity contribution is 6.91. The number of fused-ring (bicyclic) bond motifs is 2. The molecule has 4 heterocycles. The van der Waals surface area contributed by atoms with Crippen molar-refractivity contribution in [3.63, 3.8) is 0 Å². The number of hydrogen-bond donors (Lipinski definition) is 1. The Balaban J connectivity index is 1.13. The molecule has 1 amide bonds. The molecule has 4 aromatic carbocycles. The second-order valence-electron chi connectivity index (χ2n) is 16.0. The first-order chi connectivity index (χ1) is 28.5. The highest BCUT2D eigenvalue weighted by Crippen LogP contribution is 2.60. The van der Waals surface area contributed by atoms with Gasteiger partial charge in [-0.2, -0.15) is 0 Å². The van der Waals surface area contributed by atoms with Crippen molar-refractivity contribution in [1.29, 1.82) is 0 Å². The van der Waals surface area contributed by atoms with Crippen molar-refractivity contribution in [2.45, 2.75) is 62.7 Å². The molecular formula is C46H48ClN5O6Si. The topological polar surface area (TPSA) is 121 Å². The van der Waals surface area contributed by atoms with Crippen LogP contribution in [0.5, 0.6) is 11.5 Å². The molecule has 0 bridgehead atoms. The van der Waals surface area contributed by atoms with Crippen LogP contribution >= 0.6 is 11.6 Å². The molecule has 1 saturated heterocycles.